The van der Waals surface area contributed by atoms with Crippen molar-refractivity contribution >= 4 is 23.6 Å². The fraction of sp³-hybridized carbons (Fsp3) is 0.400. The number of amides is 1. The van der Waals surface area contributed by atoms with E-state index in [0.717, 1.165) is 11.8 Å². The Balaban J connectivity index is 2.70. The molecule has 6 nitrogen and oxygen atoms in total. The lowest BCUT2D eigenvalue weighted by Gasteiger charge is -2.12. The van der Waals surface area contributed by atoms with Gasteiger partial charge >= 0.3 is 5.97 Å². The molecule has 1 unspecified atom stereocenters. The number of carbonyl (C=O) groups is 2. The summed E-state index contributed by atoms with van der Waals surface area (Å²) in [5.74, 6) is -2.22. The van der Waals surface area contributed by atoms with Crippen LogP contribution in [0.2, 0.25) is 0 Å². The molecule has 1 heterocycles. The lowest BCUT2D eigenvalue weighted by Crippen LogP contribution is -2.41. The van der Waals surface area contributed by atoms with Gasteiger partial charge in [0.2, 0.25) is 5.91 Å². The first kappa shape index (κ1) is 14.4. The van der Waals surface area contributed by atoms with Crippen LogP contribution in [0.4, 0.5) is 4.39 Å². The van der Waals surface area contributed by atoms with Gasteiger partial charge in [0.1, 0.15) is 17.4 Å². The van der Waals surface area contributed by atoms with Crippen LogP contribution in [-0.2, 0) is 9.59 Å². The first-order valence-corrected chi connectivity index (χ1v) is 6.00. The van der Waals surface area contributed by atoms with Crippen LogP contribution in [0.3, 0.4) is 0 Å². The maximum absolute atomic E-state index is 13.5. The number of carboxylic acid groups (broad SMARTS) is 1. The predicted octanol–water partition coefficient (Wildman–Crippen LogP) is 0.606. The third-order valence-electron chi connectivity index (χ3n) is 1.99. The van der Waals surface area contributed by atoms with Crippen molar-refractivity contribution < 1.29 is 19.1 Å². The van der Waals surface area contributed by atoms with Crippen molar-refractivity contribution in [3.05, 3.63) is 17.8 Å². The van der Waals surface area contributed by atoms with Gasteiger partial charge in [0.25, 0.3) is 0 Å². The SMILES string of the molecule is CC(=O)NC(CSc1ncnc(C)c1F)C(=O)O. The van der Waals surface area contributed by atoms with Crippen molar-refractivity contribution in [2.45, 2.75) is 24.9 Å². The molecule has 0 saturated carbocycles. The van der Waals surface area contributed by atoms with E-state index in [1.807, 2.05) is 0 Å². The van der Waals surface area contributed by atoms with E-state index in [1.165, 1.54) is 20.2 Å². The highest BCUT2D eigenvalue weighted by Crippen LogP contribution is 2.20. The standard InChI is InChI=1S/C10H12FN3O3S/c1-5-8(11)9(13-4-12-5)18-3-7(10(16)17)14-6(2)15/h4,7H,3H2,1-2H3,(H,14,15)(H,16,17). The Bertz CT molecular complexity index is 470. The number of nitrogens with one attached hydrogen (secondary N) is 1. The molecule has 0 fully saturated rings. The van der Waals surface area contributed by atoms with Crippen molar-refractivity contribution in [3.63, 3.8) is 0 Å². The van der Waals surface area contributed by atoms with Gasteiger partial charge in [-0.2, -0.15) is 0 Å². The van der Waals surface area contributed by atoms with E-state index in [4.69, 9.17) is 5.11 Å². The van der Waals surface area contributed by atoms with Gasteiger partial charge in [0.15, 0.2) is 5.82 Å². The second-order valence-electron chi connectivity index (χ2n) is 3.48. The van der Waals surface area contributed by atoms with Crippen LogP contribution in [-0.4, -0.2) is 38.7 Å². The number of aliphatic carboxylic acids is 1. The van der Waals surface area contributed by atoms with Gasteiger partial charge < -0.3 is 10.4 Å². The van der Waals surface area contributed by atoms with Crippen LogP contribution >= 0.6 is 11.8 Å². The topological polar surface area (TPSA) is 92.2 Å². The zero-order valence-corrected chi connectivity index (χ0v) is 10.6. The Morgan fingerprint density at radius 1 is 1.56 bits per heavy atom. The third-order valence-corrected chi connectivity index (χ3v) is 3.05. The fourth-order valence-corrected chi connectivity index (χ4v) is 2.07. The molecule has 98 valence electrons. The van der Waals surface area contributed by atoms with Crippen molar-refractivity contribution in [2.24, 2.45) is 0 Å². The minimum absolute atomic E-state index is 0.0116. The molecule has 1 aromatic rings. The summed E-state index contributed by atoms with van der Waals surface area (Å²) in [6.45, 7) is 2.71. The molecule has 0 aliphatic carbocycles. The second kappa shape index (κ2) is 6.29. The summed E-state index contributed by atoms with van der Waals surface area (Å²) in [6, 6.07) is -1.08. The highest BCUT2D eigenvalue weighted by molar-refractivity contribution is 7.99. The van der Waals surface area contributed by atoms with Crippen LogP contribution in [0.15, 0.2) is 11.4 Å². The summed E-state index contributed by atoms with van der Waals surface area (Å²) in [5.41, 5.74) is 0.193. The number of nitrogens with zero attached hydrogens (tertiary/aromatic N) is 2. The number of carboxylic acids is 1. The lowest BCUT2D eigenvalue weighted by molar-refractivity contribution is -0.140. The van der Waals surface area contributed by atoms with E-state index < -0.39 is 23.7 Å². The summed E-state index contributed by atoms with van der Waals surface area (Å²) in [7, 11) is 0. The zero-order valence-electron chi connectivity index (χ0n) is 9.81. The molecule has 1 amide bonds. The Labute approximate surface area is 107 Å². The van der Waals surface area contributed by atoms with Crippen molar-refractivity contribution in [1.29, 1.82) is 0 Å². The monoisotopic (exact) mass is 273 g/mol. The minimum Gasteiger partial charge on any atom is -0.480 e. The summed E-state index contributed by atoms with van der Waals surface area (Å²) in [5, 5.41) is 11.2. The fourth-order valence-electron chi connectivity index (χ4n) is 1.12. The largest absolute Gasteiger partial charge is 0.480 e. The summed E-state index contributed by atoms with van der Waals surface area (Å²) >= 11 is 0.918. The van der Waals surface area contributed by atoms with Crippen LogP contribution in [0, 0.1) is 12.7 Å². The van der Waals surface area contributed by atoms with Crippen molar-refractivity contribution in [3.8, 4) is 0 Å². The van der Waals surface area contributed by atoms with Gasteiger partial charge in [0, 0.05) is 12.7 Å². The molecule has 8 heteroatoms. The number of aryl methyl sites for hydroxylation is 1. The van der Waals surface area contributed by atoms with E-state index in [-0.39, 0.29) is 16.5 Å². The third kappa shape index (κ3) is 3.95. The number of hydrogen-bond acceptors (Lipinski definition) is 5. The Morgan fingerprint density at radius 3 is 2.78 bits per heavy atom. The van der Waals surface area contributed by atoms with Crippen LogP contribution in [0.5, 0.6) is 0 Å². The summed E-state index contributed by atoms with van der Waals surface area (Å²) in [6.07, 6.45) is 1.20. The Hall–Kier alpha value is -1.70. The molecule has 2 N–H and O–H groups in total. The first-order valence-electron chi connectivity index (χ1n) is 5.01. The number of rotatable bonds is 5. The predicted molar refractivity (Wildman–Crippen MR) is 62.7 cm³/mol. The van der Waals surface area contributed by atoms with Crippen molar-refractivity contribution in [1.82, 2.24) is 15.3 Å². The number of halogens is 1. The maximum Gasteiger partial charge on any atom is 0.327 e. The molecule has 0 radical (unpaired) electrons. The second-order valence-corrected chi connectivity index (χ2v) is 4.49. The molecule has 1 atom stereocenters. The van der Waals surface area contributed by atoms with E-state index in [0.29, 0.717) is 0 Å². The van der Waals surface area contributed by atoms with E-state index >= 15 is 0 Å². The number of carbonyl (C=O) groups excluding carboxylic acids is 1. The Morgan fingerprint density at radius 2 is 2.22 bits per heavy atom. The highest BCUT2D eigenvalue weighted by atomic mass is 32.2. The first-order chi connectivity index (χ1) is 8.41. The number of aromatic nitrogens is 2. The molecule has 0 aromatic carbocycles. The van der Waals surface area contributed by atoms with Gasteiger partial charge in [-0.3, -0.25) is 4.79 Å². The summed E-state index contributed by atoms with van der Waals surface area (Å²) < 4.78 is 13.5. The van der Waals surface area contributed by atoms with E-state index in [2.05, 4.69) is 15.3 Å². The van der Waals surface area contributed by atoms with E-state index in [9.17, 15) is 14.0 Å². The zero-order chi connectivity index (χ0) is 13.7. The number of hydrogen-bond donors (Lipinski definition) is 2. The smallest absolute Gasteiger partial charge is 0.327 e. The molecule has 0 aliphatic heterocycles. The minimum atomic E-state index is -1.18. The number of thioether (sulfide) groups is 1. The van der Waals surface area contributed by atoms with Crippen molar-refractivity contribution in [2.75, 3.05) is 5.75 Å². The molecule has 0 bridgehead atoms. The van der Waals surface area contributed by atoms with Crippen LogP contribution in [0.25, 0.3) is 0 Å². The average Bonchev–Trinajstić information content (AvgIpc) is 2.28. The molecule has 1 aromatic heterocycles. The normalized spacial score (nSPS) is 11.9. The maximum atomic E-state index is 13.5. The molecule has 0 saturated heterocycles. The van der Waals surface area contributed by atoms with Crippen LogP contribution < -0.4 is 5.32 Å². The van der Waals surface area contributed by atoms with Gasteiger partial charge in [0.05, 0.1) is 5.69 Å². The van der Waals surface area contributed by atoms with Crippen LogP contribution in [0.1, 0.15) is 12.6 Å². The van der Waals surface area contributed by atoms with E-state index in [1.54, 1.807) is 0 Å². The van der Waals surface area contributed by atoms with Gasteiger partial charge in [-0.25, -0.2) is 19.2 Å². The molecular formula is C10H12FN3O3S. The Kier molecular flexibility index (Phi) is 5.02. The van der Waals surface area contributed by atoms with Gasteiger partial charge in [-0.15, -0.1) is 11.8 Å². The lowest BCUT2D eigenvalue weighted by atomic mass is 10.3. The molecule has 0 spiro atoms. The van der Waals surface area contributed by atoms with Gasteiger partial charge in [-0.1, -0.05) is 0 Å². The average molecular weight is 273 g/mol. The van der Waals surface area contributed by atoms with Gasteiger partial charge in [-0.05, 0) is 6.92 Å². The molecular weight excluding hydrogens is 261 g/mol. The summed E-state index contributed by atoms with van der Waals surface area (Å²) in [4.78, 5) is 29.0. The quantitative estimate of drug-likeness (QED) is 0.603. The molecule has 1 rings (SSSR count). The highest BCUT2D eigenvalue weighted by Gasteiger charge is 2.20. The molecule has 18 heavy (non-hydrogen) atoms. The molecule has 0 aliphatic rings.